The van der Waals surface area contributed by atoms with Gasteiger partial charge in [0, 0.05) is 22.5 Å². The Kier molecular flexibility index (Phi) is 5.88. The lowest BCUT2D eigenvalue weighted by atomic mass is 10.1. The van der Waals surface area contributed by atoms with Crippen LogP contribution in [-0.2, 0) is 0 Å². The number of nitrogens with zero attached hydrogens (tertiary/aromatic N) is 3. The number of hydrogen-bond acceptors (Lipinski definition) is 6. The SMILES string of the molecule is N#CC(C#N)=C(C#N)Nc1ccc(C(=O)Nc2ccc(C(N)=O)cc2)cc1. The van der Waals surface area contributed by atoms with Crippen LogP contribution in [-0.4, -0.2) is 11.8 Å². The fraction of sp³-hybridized carbons (Fsp3) is 0. The van der Waals surface area contributed by atoms with Gasteiger partial charge in [0.1, 0.15) is 23.9 Å². The van der Waals surface area contributed by atoms with Gasteiger partial charge in [-0.3, -0.25) is 9.59 Å². The summed E-state index contributed by atoms with van der Waals surface area (Å²) in [4.78, 5) is 23.3. The lowest BCUT2D eigenvalue weighted by Crippen LogP contribution is -2.13. The molecular formula is C19H12N6O2. The Morgan fingerprint density at radius 1 is 0.741 bits per heavy atom. The third kappa shape index (κ3) is 4.69. The Morgan fingerprint density at radius 3 is 1.67 bits per heavy atom. The molecule has 2 amide bonds. The number of allylic oxidation sites excluding steroid dienone is 2. The summed E-state index contributed by atoms with van der Waals surface area (Å²) in [7, 11) is 0. The first-order valence-corrected chi connectivity index (χ1v) is 7.51. The molecule has 0 heterocycles. The molecule has 2 aromatic rings. The van der Waals surface area contributed by atoms with E-state index in [-0.39, 0.29) is 17.2 Å². The van der Waals surface area contributed by atoms with Gasteiger partial charge in [0.05, 0.1) is 0 Å². The van der Waals surface area contributed by atoms with E-state index in [4.69, 9.17) is 21.5 Å². The molecule has 0 aliphatic rings. The van der Waals surface area contributed by atoms with Crippen molar-refractivity contribution in [1.82, 2.24) is 0 Å². The molecule has 8 nitrogen and oxygen atoms in total. The van der Waals surface area contributed by atoms with E-state index in [0.717, 1.165) is 0 Å². The van der Waals surface area contributed by atoms with Crippen LogP contribution in [0.25, 0.3) is 0 Å². The van der Waals surface area contributed by atoms with Crippen LogP contribution in [0.1, 0.15) is 20.7 Å². The van der Waals surface area contributed by atoms with Crippen molar-refractivity contribution in [2.24, 2.45) is 5.73 Å². The highest BCUT2D eigenvalue weighted by atomic mass is 16.2. The predicted molar refractivity (Wildman–Crippen MR) is 96.8 cm³/mol. The van der Waals surface area contributed by atoms with E-state index in [9.17, 15) is 9.59 Å². The highest BCUT2D eigenvalue weighted by Gasteiger charge is 2.09. The first-order valence-electron chi connectivity index (χ1n) is 7.51. The maximum absolute atomic E-state index is 12.3. The molecule has 0 atom stereocenters. The molecule has 2 rings (SSSR count). The van der Waals surface area contributed by atoms with Gasteiger partial charge in [0.15, 0.2) is 5.57 Å². The first-order chi connectivity index (χ1) is 13.0. The highest BCUT2D eigenvalue weighted by molar-refractivity contribution is 6.04. The number of carbonyl (C=O) groups excluding carboxylic acids is 2. The number of anilines is 2. The van der Waals surface area contributed by atoms with Crippen molar-refractivity contribution in [2.45, 2.75) is 0 Å². The van der Waals surface area contributed by atoms with Gasteiger partial charge in [-0.15, -0.1) is 0 Å². The normalized spacial score (nSPS) is 9.07. The number of nitriles is 3. The van der Waals surface area contributed by atoms with Gasteiger partial charge in [0.2, 0.25) is 5.91 Å². The summed E-state index contributed by atoms with van der Waals surface area (Å²) in [5.41, 5.74) is 6.27. The molecule has 130 valence electrons. The second kappa shape index (κ2) is 8.48. The van der Waals surface area contributed by atoms with E-state index < -0.39 is 5.91 Å². The van der Waals surface area contributed by atoms with Gasteiger partial charge in [-0.2, -0.15) is 15.8 Å². The van der Waals surface area contributed by atoms with Crippen LogP contribution in [0.15, 0.2) is 59.8 Å². The number of benzene rings is 2. The Morgan fingerprint density at radius 2 is 1.22 bits per heavy atom. The number of nitrogens with one attached hydrogen (secondary N) is 2. The molecule has 0 radical (unpaired) electrons. The predicted octanol–water partition coefficient (Wildman–Crippen LogP) is 2.27. The zero-order chi connectivity index (χ0) is 19.8. The topological polar surface area (TPSA) is 156 Å². The molecule has 0 bridgehead atoms. The van der Waals surface area contributed by atoms with Crippen molar-refractivity contribution in [1.29, 1.82) is 15.8 Å². The lowest BCUT2D eigenvalue weighted by molar-refractivity contribution is 0.0998. The summed E-state index contributed by atoms with van der Waals surface area (Å²) in [6, 6.07) is 17.2. The van der Waals surface area contributed by atoms with E-state index in [0.29, 0.717) is 22.5 Å². The molecule has 0 aliphatic heterocycles. The monoisotopic (exact) mass is 356 g/mol. The summed E-state index contributed by atoms with van der Waals surface area (Å²) in [5.74, 6) is -0.933. The summed E-state index contributed by atoms with van der Waals surface area (Å²) in [6.07, 6.45) is 0. The van der Waals surface area contributed by atoms with Crippen molar-refractivity contribution in [2.75, 3.05) is 10.6 Å². The molecular weight excluding hydrogens is 344 g/mol. The number of amides is 2. The average Bonchev–Trinajstić information content (AvgIpc) is 2.68. The third-order valence-corrected chi connectivity index (χ3v) is 3.43. The first kappa shape index (κ1) is 18.7. The van der Waals surface area contributed by atoms with Gasteiger partial charge in [-0.1, -0.05) is 0 Å². The minimum Gasteiger partial charge on any atom is -0.366 e. The van der Waals surface area contributed by atoms with E-state index in [1.54, 1.807) is 30.3 Å². The van der Waals surface area contributed by atoms with E-state index in [2.05, 4.69) is 10.6 Å². The van der Waals surface area contributed by atoms with Crippen molar-refractivity contribution in [3.63, 3.8) is 0 Å². The maximum Gasteiger partial charge on any atom is 0.255 e. The summed E-state index contributed by atoms with van der Waals surface area (Å²) in [6.45, 7) is 0. The molecule has 0 saturated carbocycles. The molecule has 4 N–H and O–H groups in total. The molecule has 27 heavy (non-hydrogen) atoms. The number of carbonyl (C=O) groups is 2. The Hall–Kier alpha value is -4.61. The third-order valence-electron chi connectivity index (χ3n) is 3.43. The number of primary amides is 1. The van der Waals surface area contributed by atoms with Crippen LogP contribution in [0.3, 0.4) is 0 Å². The lowest BCUT2D eigenvalue weighted by Gasteiger charge is -2.08. The largest absolute Gasteiger partial charge is 0.366 e. The molecule has 0 aromatic heterocycles. The van der Waals surface area contributed by atoms with Gasteiger partial charge in [-0.25, -0.2) is 0 Å². The van der Waals surface area contributed by atoms with Crippen LogP contribution in [0.4, 0.5) is 11.4 Å². The van der Waals surface area contributed by atoms with Crippen LogP contribution >= 0.6 is 0 Å². The van der Waals surface area contributed by atoms with Gasteiger partial charge >= 0.3 is 0 Å². The average molecular weight is 356 g/mol. The van der Waals surface area contributed by atoms with Crippen LogP contribution in [0.2, 0.25) is 0 Å². The molecule has 0 saturated heterocycles. The van der Waals surface area contributed by atoms with Gasteiger partial charge in [0.25, 0.3) is 5.91 Å². The smallest absolute Gasteiger partial charge is 0.255 e. The maximum atomic E-state index is 12.3. The fourth-order valence-electron chi connectivity index (χ4n) is 2.05. The summed E-state index contributed by atoms with van der Waals surface area (Å²) >= 11 is 0. The minimum atomic E-state index is -0.558. The number of hydrogen-bond donors (Lipinski definition) is 3. The molecule has 0 aliphatic carbocycles. The molecule has 2 aromatic carbocycles. The zero-order valence-electron chi connectivity index (χ0n) is 13.9. The number of rotatable bonds is 5. The molecule has 0 spiro atoms. The second-order valence-corrected chi connectivity index (χ2v) is 5.18. The zero-order valence-corrected chi connectivity index (χ0v) is 13.9. The second-order valence-electron chi connectivity index (χ2n) is 5.18. The van der Waals surface area contributed by atoms with Crippen molar-refractivity contribution < 1.29 is 9.59 Å². The van der Waals surface area contributed by atoms with Crippen LogP contribution in [0.5, 0.6) is 0 Å². The minimum absolute atomic E-state index is 0.174. The van der Waals surface area contributed by atoms with Gasteiger partial charge < -0.3 is 16.4 Å². The molecule has 0 fully saturated rings. The van der Waals surface area contributed by atoms with Gasteiger partial charge in [-0.05, 0) is 48.5 Å². The van der Waals surface area contributed by atoms with E-state index in [1.807, 2.05) is 0 Å². The summed E-state index contributed by atoms with van der Waals surface area (Å²) < 4.78 is 0. The van der Waals surface area contributed by atoms with Crippen molar-refractivity contribution in [3.05, 3.63) is 70.9 Å². The standard InChI is InChI=1S/C19H12N6O2/c20-9-14(10-21)17(11-22)24-15-7-3-13(4-8-15)19(27)25-16-5-1-12(2-6-16)18(23)26/h1-8,24H,(H2,23,26)(H,25,27). The fourth-order valence-corrected chi connectivity index (χ4v) is 2.05. The van der Waals surface area contributed by atoms with Crippen molar-refractivity contribution in [3.8, 4) is 18.2 Å². The molecule has 8 heteroatoms. The Labute approximate surface area is 154 Å². The Balaban J connectivity index is 2.11. The molecule has 0 unspecified atom stereocenters. The summed E-state index contributed by atoms with van der Waals surface area (Å²) in [5, 5.41) is 32.0. The van der Waals surface area contributed by atoms with Crippen molar-refractivity contribution >= 4 is 23.2 Å². The quantitative estimate of drug-likeness (QED) is 0.698. The Bertz CT molecular complexity index is 1020. The highest BCUT2D eigenvalue weighted by Crippen LogP contribution is 2.16. The van der Waals surface area contributed by atoms with E-state index >= 15 is 0 Å². The number of nitrogens with two attached hydrogens (primary N) is 1. The van der Waals surface area contributed by atoms with Crippen LogP contribution in [0, 0.1) is 34.0 Å². The van der Waals surface area contributed by atoms with Crippen LogP contribution < -0.4 is 16.4 Å². The van der Waals surface area contributed by atoms with E-state index in [1.165, 1.54) is 36.4 Å².